The number of likely N-dealkylation sites (tertiary alicyclic amines) is 1. The lowest BCUT2D eigenvalue weighted by Crippen LogP contribution is -2.37. The standard InChI is InChI=1S/C27H34FN3O4/c1-21-17-29-31(18-21)14-15-34-25-9-8-22(16-26(25)33-2)19-30-12-5-10-27(32,11-13-30)20-35-24-7-4-3-6-23(24)28/h3-4,6-9,16-18,32H,5,10-15,19-20H2,1-2H3/t27-/m0/s1. The van der Waals surface area contributed by atoms with Crippen LogP contribution in [-0.2, 0) is 13.1 Å². The van der Waals surface area contributed by atoms with Crippen molar-refractivity contribution >= 4 is 0 Å². The summed E-state index contributed by atoms with van der Waals surface area (Å²) in [6, 6.07) is 12.3. The molecule has 1 atom stereocenters. The van der Waals surface area contributed by atoms with Gasteiger partial charge in [0, 0.05) is 19.3 Å². The summed E-state index contributed by atoms with van der Waals surface area (Å²) in [5, 5.41) is 15.3. The summed E-state index contributed by atoms with van der Waals surface area (Å²) < 4.78 is 32.8. The molecular formula is C27H34FN3O4. The molecule has 1 fully saturated rings. The molecule has 0 saturated carbocycles. The third-order valence-electron chi connectivity index (χ3n) is 6.32. The molecule has 1 aliphatic rings. The van der Waals surface area contributed by atoms with E-state index in [4.69, 9.17) is 14.2 Å². The summed E-state index contributed by atoms with van der Waals surface area (Å²) in [6.07, 6.45) is 5.83. The Bertz CT molecular complexity index is 1110. The lowest BCUT2D eigenvalue weighted by Gasteiger charge is -2.27. The van der Waals surface area contributed by atoms with Crippen LogP contribution in [0, 0.1) is 12.7 Å². The molecule has 0 amide bonds. The van der Waals surface area contributed by atoms with Gasteiger partial charge in [0.2, 0.25) is 0 Å². The van der Waals surface area contributed by atoms with Crippen LogP contribution in [0.5, 0.6) is 17.2 Å². The number of hydrogen-bond acceptors (Lipinski definition) is 6. The number of methoxy groups -OCH3 is 1. The quantitative estimate of drug-likeness (QED) is 0.466. The monoisotopic (exact) mass is 483 g/mol. The van der Waals surface area contributed by atoms with E-state index in [2.05, 4.69) is 10.00 Å². The van der Waals surface area contributed by atoms with Gasteiger partial charge in [0.25, 0.3) is 0 Å². The molecule has 0 bridgehead atoms. The van der Waals surface area contributed by atoms with E-state index in [0.717, 1.165) is 37.2 Å². The Kier molecular flexibility index (Phi) is 8.25. The lowest BCUT2D eigenvalue weighted by molar-refractivity contribution is -0.0177. The fourth-order valence-electron chi connectivity index (χ4n) is 4.34. The molecule has 8 heteroatoms. The van der Waals surface area contributed by atoms with Crippen LogP contribution in [0.1, 0.15) is 30.4 Å². The first-order valence-corrected chi connectivity index (χ1v) is 12.0. The maximum Gasteiger partial charge on any atom is 0.165 e. The van der Waals surface area contributed by atoms with Crippen LogP contribution in [0.15, 0.2) is 54.9 Å². The Labute approximate surface area is 206 Å². The Morgan fingerprint density at radius 2 is 1.91 bits per heavy atom. The second-order valence-electron chi connectivity index (χ2n) is 9.19. The molecule has 7 nitrogen and oxygen atoms in total. The summed E-state index contributed by atoms with van der Waals surface area (Å²) in [5.74, 6) is 1.17. The van der Waals surface area contributed by atoms with Crippen molar-refractivity contribution in [2.45, 2.75) is 44.9 Å². The zero-order valence-corrected chi connectivity index (χ0v) is 20.5. The molecule has 0 unspecified atom stereocenters. The van der Waals surface area contributed by atoms with Crippen molar-refractivity contribution in [3.05, 3.63) is 71.8 Å². The van der Waals surface area contributed by atoms with Crippen LogP contribution in [0.2, 0.25) is 0 Å². The molecular weight excluding hydrogens is 449 g/mol. The van der Waals surface area contributed by atoms with Gasteiger partial charge in [-0.25, -0.2) is 4.39 Å². The predicted molar refractivity (Wildman–Crippen MR) is 131 cm³/mol. The highest BCUT2D eigenvalue weighted by Gasteiger charge is 2.31. The molecule has 3 aromatic rings. The maximum absolute atomic E-state index is 13.9. The lowest BCUT2D eigenvalue weighted by atomic mass is 9.96. The van der Waals surface area contributed by atoms with Gasteiger partial charge in [0.1, 0.15) is 13.2 Å². The third kappa shape index (κ3) is 6.96. The number of hydrogen-bond donors (Lipinski definition) is 1. The molecule has 1 aliphatic heterocycles. The highest BCUT2D eigenvalue weighted by atomic mass is 19.1. The first-order valence-electron chi connectivity index (χ1n) is 12.0. The number of para-hydroxylation sites is 1. The van der Waals surface area contributed by atoms with E-state index in [-0.39, 0.29) is 12.4 Å². The number of benzene rings is 2. The Balaban J connectivity index is 1.29. The Hall–Kier alpha value is -3.10. The van der Waals surface area contributed by atoms with Gasteiger partial charge in [-0.3, -0.25) is 9.58 Å². The van der Waals surface area contributed by atoms with E-state index < -0.39 is 11.4 Å². The summed E-state index contributed by atoms with van der Waals surface area (Å²) in [5.41, 5.74) is 1.26. The molecule has 2 aromatic carbocycles. The highest BCUT2D eigenvalue weighted by Crippen LogP contribution is 2.30. The Morgan fingerprint density at radius 1 is 1.06 bits per heavy atom. The van der Waals surface area contributed by atoms with Crippen LogP contribution < -0.4 is 14.2 Å². The van der Waals surface area contributed by atoms with Gasteiger partial charge in [-0.1, -0.05) is 18.2 Å². The van der Waals surface area contributed by atoms with Crippen molar-refractivity contribution in [1.29, 1.82) is 0 Å². The summed E-state index contributed by atoms with van der Waals surface area (Å²) in [6.45, 7) is 5.59. The number of nitrogens with zero attached hydrogens (tertiary/aromatic N) is 3. The van der Waals surface area contributed by atoms with Gasteiger partial charge in [0.05, 0.1) is 25.5 Å². The molecule has 0 aliphatic carbocycles. The summed E-state index contributed by atoms with van der Waals surface area (Å²) in [7, 11) is 1.64. The average molecular weight is 484 g/mol. The van der Waals surface area contributed by atoms with Gasteiger partial charge in [0.15, 0.2) is 23.1 Å². The van der Waals surface area contributed by atoms with Crippen molar-refractivity contribution in [2.75, 3.05) is 33.4 Å². The number of ether oxygens (including phenoxy) is 3. The van der Waals surface area contributed by atoms with Gasteiger partial charge >= 0.3 is 0 Å². The van der Waals surface area contributed by atoms with Crippen LogP contribution >= 0.6 is 0 Å². The van der Waals surface area contributed by atoms with Crippen molar-refractivity contribution in [3.8, 4) is 17.2 Å². The van der Waals surface area contributed by atoms with Gasteiger partial charge in [-0.05, 0) is 68.1 Å². The number of rotatable bonds is 10. The largest absolute Gasteiger partial charge is 0.493 e. The number of aromatic nitrogens is 2. The molecule has 35 heavy (non-hydrogen) atoms. The van der Waals surface area contributed by atoms with Crippen LogP contribution in [0.25, 0.3) is 0 Å². The molecule has 1 N–H and O–H groups in total. The van der Waals surface area contributed by atoms with E-state index in [0.29, 0.717) is 37.5 Å². The second kappa shape index (κ2) is 11.6. The molecule has 4 rings (SSSR count). The summed E-state index contributed by atoms with van der Waals surface area (Å²) in [4.78, 5) is 2.32. The first-order chi connectivity index (χ1) is 16.9. The topological polar surface area (TPSA) is 69.0 Å². The smallest absolute Gasteiger partial charge is 0.165 e. The minimum atomic E-state index is -0.973. The van der Waals surface area contributed by atoms with Crippen LogP contribution in [-0.4, -0.2) is 58.8 Å². The molecule has 1 aromatic heterocycles. The van der Waals surface area contributed by atoms with Crippen LogP contribution in [0.4, 0.5) is 4.39 Å². The minimum Gasteiger partial charge on any atom is -0.493 e. The molecule has 188 valence electrons. The van der Waals surface area contributed by atoms with Crippen LogP contribution in [0.3, 0.4) is 0 Å². The van der Waals surface area contributed by atoms with Gasteiger partial charge < -0.3 is 19.3 Å². The molecule has 2 heterocycles. The molecule has 0 spiro atoms. The van der Waals surface area contributed by atoms with E-state index in [1.54, 1.807) is 25.3 Å². The fraction of sp³-hybridized carbons (Fsp3) is 0.444. The highest BCUT2D eigenvalue weighted by molar-refractivity contribution is 5.43. The maximum atomic E-state index is 13.9. The Morgan fingerprint density at radius 3 is 2.69 bits per heavy atom. The zero-order chi connectivity index (χ0) is 24.7. The average Bonchev–Trinajstić information content (AvgIpc) is 3.18. The zero-order valence-electron chi connectivity index (χ0n) is 20.5. The van der Waals surface area contributed by atoms with Crippen molar-refractivity contribution in [3.63, 3.8) is 0 Å². The normalized spacial score (nSPS) is 18.7. The SMILES string of the molecule is COc1cc(CN2CCC[C@@](O)(COc3ccccc3F)CC2)ccc1OCCn1cc(C)cn1. The van der Waals surface area contributed by atoms with Crippen molar-refractivity contribution in [1.82, 2.24) is 14.7 Å². The molecule has 1 saturated heterocycles. The third-order valence-corrected chi connectivity index (χ3v) is 6.32. The summed E-state index contributed by atoms with van der Waals surface area (Å²) >= 11 is 0. The van der Waals surface area contributed by atoms with E-state index in [1.165, 1.54) is 6.07 Å². The number of aliphatic hydroxyl groups is 1. The number of halogens is 1. The van der Waals surface area contributed by atoms with E-state index in [1.807, 2.05) is 42.2 Å². The van der Waals surface area contributed by atoms with E-state index in [9.17, 15) is 9.50 Å². The fourth-order valence-corrected chi connectivity index (χ4v) is 4.34. The van der Waals surface area contributed by atoms with E-state index >= 15 is 0 Å². The van der Waals surface area contributed by atoms with Crippen molar-refractivity contribution in [2.24, 2.45) is 0 Å². The minimum absolute atomic E-state index is 0.0831. The van der Waals surface area contributed by atoms with Crippen molar-refractivity contribution < 1.29 is 23.7 Å². The second-order valence-corrected chi connectivity index (χ2v) is 9.19. The van der Waals surface area contributed by atoms with Gasteiger partial charge in [-0.2, -0.15) is 5.10 Å². The molecule has 0 radical (unpaired) electrons. The predicted octanol–water partition coefficient (Wildman–Crippen LogP) is 4.21. The first kappa shape index (κ1) is 25.0. The van der Waals surface area contributed by atoms with Gasteiger partial charge in [-0.15, -0.1) is 0 Å². The number of aryl methyl sites for hydroxylation is 1.